The zero-order chi connectivity index (χ0) is 20.6. The van der Waals surface area contributed by atoms with Crippen LogP contribution in [-0.4, -0.2) is 66.0 Å². The van der Waals surface area contributed by atoms with Crippen molar-refractivity contribution in [3.05, 3.63) is 53.6 Å². The molecule has 1 aliphatic heterocycles. The first kappa shape index (κ1) is 21.4. The van der Waals surface area contributed by atoms with E-state index in [2.05, 4.69) is 15.9 Å². The molecule has 0 bridgehead atoms. The third-order valence-corrected chi connectivity index (χ3v) is 5.48. The van der Waals surface area contributed by atoms with Crippen molar-refractivity contribution >= 4 is 0 Å². The summed E-state index contributed by atoms with van der Waals surface area (Å²) in [5.74, 6) is 1.85. The topological polar surface area (TPSA) is 65.4 Å². The molecular weight excluding hydrogens is 368 g/mol. The molecule has 0 aromatic heterocycles. The van der Waals surface area contributed by atoms with Crippen molar-refractivity contribution in [1.82, 2.24) is 9.80 Å². The van der Waals surface area contributed by atoms with Gasteiger partial charge >= 0.3 is 0 Å². The van der Waals surface area contributed by atoms with E-state index in [-0.39, 0.29) is 18.4 Å². The van der Waals surface area contributed by atoms with Gasteiger partial charge in [0, 0.05) is 62.6 Å². The van der Waals surface area contributed by atoms with Gasteiger partial charge in [0.05, 0.1) is 13.7 Å². The molecule has 6 heteroatoms. The number of methoxy groups -OCH3 is 1. The second-order valence-corrected chi connectivity index (χ2v) is 7.41. The molecule has 0 unspecified atom stereocenters. The van der Waals surface area contributed by atoms with Crippen LogP contribution in [0.25, 0.3) is 0 Å². The maximum Gasteiger partial charge on any atom is 0.123 e. The van der Waals surface area contributed by atoms with Gasteiger partial charge in [0.15, 0.2) is 0 Å². The van der Waals surface area contributed by atoms with Crippen LogP contribution in [0.1, 0.15) is 24.5 Å². The van der Waals surface area contributed by atoms with Crippen molar-refractivity contribution in [2.24, 2.45) is 0 Å². The number of aliphatic hydroxyl groups is 1. The molecular formula is C23H32N2O4. The molecule has 0 saturated carbocycles. The normalized spacial score (nSPS) is 18.0. The summed E-state index contributed by atoms with van der Waals surface area (Å²) in [5, 5.41) is 19.9. The molecule has 1 aliphatic rings. The highest BCUT2D eigenvalue weighted by Crippen LogP contribution is 2.27. The third-order valence-electron chi connectivity index (χ3n) is 5.48. The first-order valence-electron chi connectivity index (χ1n) is 10.3. The summed E-state index contributed by atoms with van der Waals surface area (Å²) in [6.07, 6.45) is 0.724. The number of ether oxygens (including phenoxy) is 2. The van der Waals surface area contributed by atoms with Gasteiger partial charge in [-0.25, -0.2) is 0 Å². The van der Waals surface area contributed by atoms with Crippen LogP contribution in [0.3, 0.4) is 0 Å². The minimum atomic E-state index is 0.163. The minimum absolute atomic E-state index is 0.163. The van der Waals surface area contributed by atoms with Crippen LogP contribution in [0.2, 0.25) is 0 Å². The van der Waals surface area contributed by atoms with Gasteiger partial charge in [-0.1, -0.05) is 24.3 Å². The molecule has 2 N–H and O–H groups in total. The minimum Gasteiger partial charge on any atom is -0.507 e. The van der Waals surface area contributed by atoms with E-state index in [0.29, 0.717) is 18.9 Å². The largest absolute Gasteiger partial charge is 0.507 e. The monoisotopic (exact) mass is 400 g/mol. The Morgan fingerprint density at radius 2 is 1.90 bits per heavy atom. The predicted molar refractivity (Wildman–Crippen MR) is 113 cm³/mol. The van der Waals surface area contributed by atoms with Crippen LogP contribution in [0.15, 0.2) is 42.5 Å². The van der Waals surface area contributed by atoms with Gasteiger partial charge in [-0.05, 0) is 25.5 Å². The fraction of sp³-hybridized carbons (Fsp3) is 0.478. The standard InChI is InChI=1S/C23H32N2O4/c1-3-29-23-7-5-4-6-19(23)16-25-12-11-24(17-20(25)10-13-26)15-18-8-9-21(28-2)14-22(18)27/h4-9,14,20,26-27H,3,10-13,15-17H2,1-2H3/t20-/m0/s1. The van der Waals surface area contributed by atoms with Gasteiger partial charge in [-0.3, -0.25) is 9.80 Å². The summed E-state index contributed by atoms with van der Waals surface area (Å²) in [7, 11) is 1.59. The van der Waals surface area contributed by atoms with E-state index in [1.165, 1.54) is 5.56 Å². The third kappa shape index (κ3) is 5.63. The number of phenols is 1. The Labute approximate surface area is 173 Å². The number of nitrogens with zero attached hydrogens (tertiary/aromatic N) is 2. The number of rotatable bonds is 9. The van der Waals surface area contributed by atoms with Crippen molar-refractivity contribution in [3.63, 3.8) is 0 Å². The van der Waals surface area contributed by atoms with Crippen LogP contribution in [0.4, 0.5) is 0 Å². The van der Waals surface area contributed by atoms with Gasteiger partial charge in [-0.2, -0.15) is 0 Å². The number of hydrogen-bond donors (Lipinski definition) is 2. The quantitative estimate of drug-likeness (QED) is 0.675. The van der Waals surface area contributed by atoms with E-state index in [1.807, 2.05) is 37.3 Å². The number of benzene rings is 2. The van der Waals surface area contributed by atoms with Gasteiger partial charge < -0.3 is 19.7 Å². The average molecular weight is 401 g/mol. The Hall–Kier alpha value is -2.28. The van der Waals surface area contributed by atoms with Crippen molar-refractivity contribution in [1.29, 1.82) is 0 Å². The summed E-state index contributed by atoms with van der Waals surface area (Å²) >= 11 is 0. The number of phenolic OH excluding ortho intramolecular Hbond substituents is 1. The zero-order valence-corrected chi connectivity index (χ0v) is 17.4. The molecule has 6 nitrogen and oxygen atoms in total. The van der Waals surface area contributed by atoms with Crippen LogP contribution in [0.5, 0.6) is 17.2 Å². The second-order valence-electron chi connectivity index (χ2n) is 7.41. The van der Waals surface area contributed by atoms with Gasteiger partial charge in [0.25, 0.3) is 0 Å². The van der Waals surface area contributed by atoms with Gasteiger partial charge in [0.2, 0.25) is 0 Å². The van der Waals surface area contributed by atoms with Crippen LogP contribution >= 0.6 is 0 Å². The molecule has 0 aliphatic carbocycles. The molecule has 1 fully saturated rings. The van der Waals surface area contributed by atoms with Crippen molar-refractivity contribution in [2.75, 3.05) is 40.0 Å². The molecule has 158 valence electrons. The molecule has 2 aromatic rings. The highest BCUT2D eigenvalue weighted by atomic mass is 16.5. The molecule has 1 atom stereocenters. The molecule has 1 saturated heterocycles. The molecule has 0 spiro atoms. The second kappa shape index (κ2) is 10.5. The number of piperazine rings is 1. The average Bonchev–Trinajstić information content (AvgIpc) is 2.73. The predicted octanol–water partition coefficient (Wildman–Crippen LogP) is 2.87. The first-order valence-corrected chi connectivity index (χ1v) is 10.3. The summed E-state index contributed by atoms with van der Waals surface area (Å²) in [5.41, 5.74) is 2.07. The molecule has 3 rings (SSSR count). The summed E-state index contributed by atoms with van der Waals surface area (Å²) in [4.78, 5) is 4.77. The van der Waals surface area contributed by atoms with Crippen molar-refractivity contribution < 1.29 is 19.7 Å². The van der Waals surface area contributed by atoms with E-state index in [4.69, 9.17) is 9.47 Å². The highest BCUT2D eigenvalue weighted by molar-refractivity contribution is 5.39. The van der Waals surface area contributed by atoms with Crippen LogP contribution in [0, 0.1) is 0 Å². The molecule has 0 radical (unpaired) electrons. The van der Waals surface area contributed by atoms with E-state index in [9.17, 15) is 10.2 Å². The lowest BCUT2D eigenvalue weighted by molar-refractivity contribution is 0.0490. The summed E-state index contributed by atoms with van der Waals surface area (Å²) in [6, 6.07) is 13.9. The van der Waals surface area contributed by atoms with Crippen LogP contribution in [-0.2, 0) is 13.1 Å². The Balaban J connectivity index is 1.66. The Bertz CT molecular complexity index is 783. The maximum absolute atomic E-state index is 10.3. The number of aromatic hydroxyl groups is 1. The Morgan fingerprint density at radius 1 is 1.07 bits per heavy atom. The van der Waals surface area contributed by atoms with E-state index < -0.39 is 0 Å². The smallest absolute Gasteiger partial charge is 0.123 e. The van der Waals surface area contributed by atoms with Crippen molar-refractivity contribution in [2.45, 2.75) is 32.5 Å². The number of hydrogen-bond acceptors (Lipinski definition) is 6. The lowest BCUT2D eigenvalue weighted by atomic mass is 10.1. The van der Waals surface area contributed by atoms with Gasteiger partial charge in [-0.15, -0.1) is 0 Å². The first-order chi connectivity index (χ1) is 14.1. The lowest BCUT2D eigenvalue weighted by Gasteiger charge is -2.41. The Kier molecular flexibility index (Phi) is 7.75. The molecule has 0 amide bonds. The van der Waals surface area contributed by atoms with E-state index >= 15 is 0 Å². The fourth-order valence-electron chi connectivity index (χ4n) is 3.93. The summed E-state index contributed by atoms with van der Waals surface area (Å²) in [6.45, 7) is 6.96. The summed E-state index contributed by atoms with van der Waals surface area (Å²) < 4.78 is 10.9. The van der Waals surface area contributed by atoms with Crippen molar-refractivity contribution in [3.8, 4) is 17.2 Å². The number of aliphatic hydroxyl groups excluding tert-OH is 1. The molecule has 1 heterocycles. The van der Waals surface area contributed by atoms with E-state index in [0.717, 1.165) is 43.9 Å². The lowest BCUT2D eigenvalue weighted by Crippen LogP contribution is -2.52. The SMILES string of the molecule is CCOc1ccccc1CN1CCN(Cc2ccc(OC)cc2O)C[C@@H]1CCO. The maximum atomic E-state index is 10.3. The van der Waals surface area contributed by atoms with Gasteiger partial charge in [0.1, 0.15) is 17.2 Å². The zero-order valence-electron chi connectivity index (χ0n) is 17.4. The molecule has 29 heavy (non-hydrogen) atoms. The van der Waals surface area contributed by atoms with Crippen LogP contribution < -0.4 is 9.47 Å². The fourth-order valence-corrected chi connectivity index (χ4v) is 3.93. The molecule has 2 aromatic carbocycles. The highest BCUT2D eigenvalue weighted by Gasteiger charge is 2.27. The Morgan fingerprint density at radius 3 is 2.62 bits per heavy atom. The number of para-hydroxylation sites is 1. The van der Waals surface area contributed by atoms with E-state index in [1.54, 1.807) is 13.2 Å².